The highest BCUT2D eigenvalue weighted by Gasteiger charge is 2.05. The Labute approximate surface area is 57.6 Å². The van der Waals surface area contributed by atoms with Gasteiger partial charge >= 0.3 is 5.37 Å². The molecular weight excluding hydrogens is 140 g/mol. The van der Waals surface area contributed by atoms with Crippen LogP contribution in [-0.4, -0.2) is 23.1 Å². The van der Waals surface area contributed by atoms with Gasteiger partial charge in [-0.1, -0.05) is 0 Å². The Bertz CT molecular complexity index is 176. The molecule has 1 aliphatic heterocycles. The predicted molar refractivity (Wildman–Crippen MR) is 35.6 cm³/mol. The van der Waals surface area contributed by atoms with Crippen LogP contribution < -0.4 is 0 Å². The number of nitrogens with zero attached hydrogens (tertiary/aromatic N) is 2. The lowest BCUT2D eigenvalue weighted by molar-refractivity contribution is 0.238. The molecule has 0 N–H and O–H groups in total. The molecule has 0 atom stereocenters. The monoisotopic (exact) mass is 144 g/mol. The zero-order valence-corrected chi connectivity index (χ0v) is 5.38. The predicted octanol–water partition coefficient (Wildman–Crippen LogP) is 1.20. The molecule has 1 aliphatic rings. The van der Waals surface area contributed by atoms with Crippen LogP contribution in [0.3, 0.4) is 0 Å². The van der Waals surface area contributed by atoms with Gasteiger partial charge in [-0.15, -0.1) is 0 Å². The van der Waals surface area contributed by atoms with Gasteiger partial charge in [-0.25, -0.2) is 0 Å². The average Bonchev–Trinajstić information content (AvgIpc) is 1.90. The molecule has 0 spiro atoms. The summed E-state index contributed by atoms with van der Waals surface area (Å²) in [6.45, 7) is 0.332. The number of halogens is 1. The molecule has 3 nitrogen and oxygen atoms in total. The Morgan fingerprint density at radius 2 is 2.56 bits per heavy atom. The molecule has 1 amide bonds. The molecule has 0 bridgehead atoms. The Morgan fingerprint density at radius 3 is 2.89 bits per heavy atom. The van der Waals surface area contributed by atoms with Crippen molar-refractivity contribution in [2.45, 2.75) is 0 Å². The Balaban J connectivity index is 2.56. The minimum Gasteiger partial charge on any atom is -0.285 e. The first-order chi connectivity index (χ1) is 4.30. The smallest absolute Gasteiger partial charge is 0.285 e. The zero-order valence-electron chi connectivity index (χ0n) is 4.62. The van der Waals surface area contributed by atoms with E-state index in [-0.39, 0.29) is 0 Å². The molecule has 0 saturated carbocycles. The molecule has 0 saturated heterocycles. The van der Waals surface area contributed by atoms with Crippen LogP contribution in [0.5, 0.6) is 0 Å². The Hall–Kier alpha value is -0.830. The van der Waals surface area contributed by atoms with Gasteiger partial charge in [-0.3, -0.25) is 14.7 Å². The van der Waals surface area contributed by atoms with Crippen molar-refractivity contribution >= 4 is 23.2 Å². The number of hydrogen-bond donors (Lipinski definition) is 0. The van der Waals surface area contributed by atoms with Crippen molar-refractivity contribution in [2.75, 3.05) is 6.67 Å². The molecule has 0 aromatic heterocycles. The topological polar surface area (TPSA) is 32.7 Å². The van der Waals surface area contributed by atoms with Crippen LogP contribution in [0, 0.1) is 0 Å². The van der Waals surface area contributed by atoms with Crippen molar-refractivity contribution in [3.63, 3.8) is 0 Å². The first-order valence-corrected chi connectivity index (χ1v) is 2.81. The number of rotatable bonds is 0. The minimum absolute atomic E-state index is 0.332. The van der Waals surface area contributed by atoms with Crippen LogP contribution in [0.4, 0.5) is 4.79 Å². The molecule has 0 unspecified atom stereocenters. The number of carbonyl (C=O) groups is 1. The van der Waals surface area contributed by atoms with E-state index in [1.807, 2.05) is 0 Å². The molecule has 1 heterocycles. The number of aliphatic imine (C=N–C) groups is 1. The van der Waals surface area contributed by atoms with Crippen LogP contribution in [-0.2, 0) is 0 Å². The highest BCUT2D eigenvalue weighted by Crippen LogP contribution is 1.99. The van der Waals surface area contributed by atoms with Gasteiger partial charge in [0.15, 0.2) is 0 Å². The molecule has 0 fully saturated rings. The van der Waals surface area contributed by atoms with Gasteiger partial charge in [0.25, 0.3) is 0 Å². The maximum atomic E-state index is 10.4. The third-order valence-corrected chi connectivity index (χ3v) is 1.13. The van der Waals surface area contributed by atoms with Crippen molar-refractivity contribution in [3.8, 4) is 0 Å². The highest BCUT2D eigenvalue weighted by molar-refractivity contribution is 6.63. The molecule has 1 rings (SSSR count). The lowest BCUT2D eigenvalue weighted by atomic mass is 10.6. The van der Waals surface area contributed by atoms with E-state index in [4.69, 9.17) is 11.6 Å². The molecule has 0 aromatic rings. The van der Waals surface area contributed by atoms with E-state index in [1.165, 1.54) is 4.90 Å². The molecule has 0 aromatic carbocycles. The number of hydrogen-bond acceptors (Lipinski definition) is 2. The number of amides is 1. The summed E-state index contributed by atoms with van der Waals surface area (Å²) in [7, 11) is 0. The quantitative estimate of drug-likeness (QED) is 0.372. The van der Waals surface area contributed by atoms with E-state index in [0.717, 1.165) is 0 Å². The summed E-state index contributed by atoms with van der Waals surface area (Å²) < 4.78 is 0. The van der Waals surface area contributed by atoms with E-state index in [0.29, 0.717) is 6.67 Å². The fourth-order valence-electron chi connectivity index (χ4n) is 0.500. The van der Waals surface area contributed by atoms with Gasteiger partial charge in [0, 0.05) is 12.4 Å². The van der Waals surface area contributed by atoms with Crippen LogP contribution in [0.1, 0.15) is 0 Å². The van der Waals surface area contributed by atoms with Crippen molar-refractivity contribution in [1.29, 1.82) is 0 Å². The van der Waals surface area contributed by atoms with Gasteiger partial charge in [0.05, 0.1) is 0 Å². The second-order valence-corrected chi connectivity index (χ2v) is 1.86. The first-order valence-electron chi connectivity index (χ1n) is 2.43. The summed E-state index contributed by atoms with van der Waals surface area (Å²) in [5.41, 5.74) is 0. The van der Waals surface area contributed by atoms with Crippen LogP contribution in [0.2, 0.25) is 0 Å². The van der Waals surface area contributed by atoms with Crippen LogP contribution >= 0.6 is 11.6 Å². The van der Waals surface area contributed by atoms with E-state index < -0.39 is 5.37 Å². The summed E-state index contributed by atoms with van der Waals surface area (Å²) in [5, 5.41) is -0.497. The van der Waals surface area contributed by atoms with E-state index in [9.17, 15) is 4.79 Å². The van der Waals surface area contributed by atoms with Gasteiger partial charge < -0.3 is 0 Å². The average molecular weight is 145 g/mol. The fraction of sp³-hybridized carbons (Fsp3) is 0.200. The van der Waals surface area contributed by atoms with Crippen molar-refractivity contribution in [2.24, 2.45) is 4.99 Å². The normalized spacial score (nSPS) is 16.3. The molecule has 48 valence electrons. The van der Waals surface area contributed by atoms with Crippen molar-refractivity contribution in [3.05, 3.63) is 12.3 Å². The summed E-state index contributed by atoms with van der Waals surface area (Å²) in [6, 6.07) is 0. The van der Waals surface area contributed by atoms with Crippen LogP contribution in [0.15, 0.2) is 17.3 Å². The third-order valence-electron chi connectivity index (χ3n) is 0.917. The number of carbonyl (C=O) groups excluding carboxylic acids is 1. The largest absolute Gasteiger partial charge is 0.321 e. The second kappa shape index (κ2) is 2.64. The fourth-order valence-corrected chi connectivity index (χ4v) is 0.609. The third kappa shape index (κ3) is 1.54. The molecule has 4 heteroatoms. The first kappa shape index (κ1) is 6.29. The lowest BCUT2D eigenvalue weighted by Gasteiger charge is -2.12. The summed E-state index contributed by atoms with van der Waals surface area (Å²) in [6.07, 6.45) is 4.86. The maximum Gasteiger partial charge on any atom is 0.321 e. The minimum atomic E-state index is -0.497. The number of allylic oxidation sites excluding steroid dienone is 1. The van der Waals surface area contributed by atoms with E-state index in [2.05, 4.69) is 4.99 Å². The van der Waals surface area contributed by atoms with Gasteiger partial charge in [0.2, 0.25) is 0 Å². The Morgan fingerprint density at radius 1 is 1.78 bits per heavy atom. The summed E-state index contributed by atoms with van der Waals surface area (Å²) in [5.74, 6) is 0. The second-order valence-electron chi connectivity index (χ2n) is 1.54. The molecule has 9 heavy (non-hydrogen) atoms. The van der Waals surface area contributed by atoms with Gasteiger partial charge in [0.1, 0.15) is 6.67 Å². The van der Waals surface area contributed by atoms with Crippen LogP contribution in [0.25, 0.3) is 0 Å². The van der Waals surface area contributed by atoms with Crippen molar-refractivity contribution < 1.29 is 4.79 Å². The standard InChI is InChI=1S/C5H5ClN2O/c6-5(9)8-3-1-2-7-4-8/h1-3H,4H2. The summed E-state index contributed by atoms with van der Waals surface area (Å²) >= 11 is 5.12. The van der Waals surface area contributed by atoms with Gasteiger partial charge in [-0.05, 0) is 17.7 Å². The maximum absolute atomic E-state index is 10.4. The molecule has 0 radical (unpaired) electrons. The zero-order chi connectivity index (χ0) is 6.69. The van der Waals surface area contributed by atoms with E-state index in [1.54, 1.807) is 18.5 Å². The van der Waals surface area contributed by atoms with Gasteiger partial charge in [-0.2, -0.15) is 0 Å². The Kier molecular flexibility index (Phi) is 1.85. The summed E-state index contributed by atoms with van der Waals surface area (Å²) in [4.78, 5) is 15.5. The highest BCUT2D eigenvalue weighted by atomic mass is 35.5. The molecule has 0 aliphatic carbocycles. The van der Waals surface area contributed by atoms with E-state index >= 15 is 0 Å². The molecular formula is C5H5ClN2O. The van der Waals surface area contributed by atoms with Crippen molar-refractivity contribution in [1.82, 2.24) is 4.90 Å². The SMILES string of the molecule is O=C(Cl)N1C=CC=NC1. The lowest BCUT2D eigenvalue weighted by Crippen LogP contribution is -2.21.